The average Bonchev–Trinajstić information content (AvgIpc) is 2.15. The Hall–Kier alpha value is -1.70. The van der Waals surface area contributed by atoms with E-state index in [9.17, 15) is 9.59 Å². The quantitative estimate of drug-likeness (QED) is 0.539. The number of benzene rings is 1. The van der Waals surface area contributed by atoms with Crippen molar-refractivity contribution in [2.24, 2.45) is 0 Å². The summed E-state index contributed by atoms with van der Waals surface area (Å²) in [6.07, 6.45) is 3.23. The van der Waals surface area contributed by atoms with E-state index in [1.54, 1.807) is 18.2 Å². The molecule has 0 amide bonds. The number of rotatable bonds is 3. The first-order valence-corrected chi connectivity index (χ1v) is 4.39. The summed E-state index contributed by atoms with van der Waals surface area (Å²) in [4.78, 5) is 21.6. The lowest BCUT2D eigenvalue weighted by molar-refractivity contribution is -0.112. The highest BCUT2D eigenvalue weighted by Crippen LogP contribution is 2.06. The number of allylic oxidation sites excluding steroid dienone is 1. The van der Waals surface area contributed by atoms with Crippen molar-refractivity contribution in [3.05, 3.63) is 41.5 Å². The van der Waals surface area contributed by atoms with Gasteiger partial charge in [0.1, 0.15) is 0 Å². The first-order valence-electron chi connectivity index (χ1n) is 4.39. The summed E-state index contributed by atoms with van der Waals surface area (Å²) >= 11 is 0. The van der Waals surface area contributed by atoms with Crippen LogP contribution in [-0.2, 0) is 4.79 Å². The molecule has 0 radical (unpaired) electrons. The molecule has 0 saturated carbocycles. The molecule has 0 N–H and O–H groups in total. The van der Waals surface area contributed by atoms with Crippen molar-refractivity contribution in [2.45, 2.75) is 13.8 Å². The molecule has 0 aromatic heterocycles. The molecule has 2 nitrogen and oxygen atoms in total. The second-order valence-corrected chi connectivity index (χ2v) is 3.12. The maximum absolute atomic E-state index is 11.0. The van der Waals surface area contributed by atoms with Crippen molar-refractivity contribution in [3.63, 3.8) is 0 Å². The van der Waals surface area contributed by atoms with E-state index in [0.717, 1.165) is 5.56 Å². The van der Waals surface area contributed by atoms with E-state index in [1.165, 1.54) is 19.9 Å². The molecule has 0 spiro atoms. The van der Waals surface area contributed by atoms with E-state index < -0.39 is 0 Å². The second kappa shape index (κ2) is 4.51. The fraction of sp³-hybridized carbons (Fsp3) is 0.167. The molecular weight excluding hydrogens is 176 g/mol. The van der Waals surface area contributed by atoms with Gasteiger partial charge in [0.15, 0.2) is 11.6 Å². The van der Waals surface area contributed by atoms with E-state index in [4.69, 9.17) is 0 Å². The van der Waals surface area contributed by atoms with Crippen molar-refractivity contribution < 1.29 is 9.59 Å². The maximum Gasteiger partial charge on any atom is 0.159 e. The number of hydrogen-bond acceptors (Lipinski definition) is 2. The van der Waals surface area contributed by atoms with Crippen LogP contribution in [0.5, 0.6) is 0 Å². The second-order valence-electron chi connectivity index (χ2n) is 3.12. The molecule has 1 aromatic rings. The van der Waals surface area contributed by atoms with Gasteiger partial charge in [-0.1, -0.05) is 30.3 Å². The zero-order valence-electron chi connectivity index (χ0n) is 8.28. The molecule has 72 valence electrons. The van der Waals surface area contributed by atoms with Crippen LogP contribution < -0.4 is 0 Å². The van der Waals surface area contributed by atoms with Gasteiger partial charge < -0.3 is 0 Å². The smallest absolute Gasteiger partial charge is 0.159 e. The number of ketones is 2. The summed E-state index contributed by atoms with van der Waals surface area (Å²) in [5.74, 6) is 0.0627. The number of carbonyl (C=O) groups excluding carboxylic acids is 2. The molecule has 1 aromatic carbocycles. The Labute approximate surface area is 83.3 Å². The number of hydrogen-bond donors (Lipinski definition) is 0. The summed E-state index contributed by atoms with van der Waals surface area (Å²) in [5, 5.41) is 0. The van der Waals surface area contributed by atoms with Crippen LogP contribution in [-0.4, -0.2) is 11.6 Å². The predicted octanol–water partition coefficient (Wildman–Crippen LogP) is 2.49. The minimum absolute atomic E-state index is 0.0145. The third-order valence-corrected chi connectivity index (χ3v) is 1.83. The van der Waals surface area contributed by atoms with Crippen LogP contribution in [0.4, 0.5) is 0 Å². The van der Waals surface area contributed by atoms with Crippen LogP contribution in [0.15, 0.2) is 30.3 Å². The SMILES string of the molecule is CC(=O)C=Cc1ccc(C(C)=O)cc1. The molecule has 2 heteroatoms. The van der Waals surface area contributed by atoms with Gasteiger partial charge in [0.05, 0.1) is 0 Å². The third kappa shape index (κ3) is 2.98. The van der Waals surface area contributed by atoms with Crippen LogP contribution >= 0.6 is 0 Å². The fourth-order valence-electron chi connectivity index (χ4n) is 1.04. The highest BCUT2D eigenvalue weighted by molar-refractivity contribution is 5.94. The van der Waals surface area contributed by atoms with Crippen LogP contribution in [0.2, 0.25) is 0 Å². The molecule has 0 aliphatic rings. The lowest BCUT2D eigenvalue weighted by Crippen LogP contribution is -1.90. The van der Waals surface area contributed by atoms with E-state index in [2.05, 4.69) is 0 Å². The zero-order chi connectivity index (χ0) is 10.6. The Bertz CT molecular complexity index is 372. The summed E-state index contributed by atoms with van der Waals surface area (Å²) in [7, 11) is 0. The first kappa shape index (κ1) is 10.4. The molecule has 14 heavy (non-hydrogen) atoms. The van der Waals surface area contributed by atoms with Gasteiger partial charge in [-0.2, -0.15) is 0 Å². The Balaban J connectivity index is 2.83. The van der Waals surface area contributed by atoms with E-state index in [-0.39, 0.29) is 11.6 Å². The van der Waals surface area contributed by atoms with Gasteiger partial charge in [0.2, 0.25) is 0 Å². The third-order valence-electron chi connectivity index (χ3n) is 1.83. The van der Waals surface area contributed by atoms with Crippen LogP contribution in [0.25, 0.3) is 6.08 Å². The number of carbonyl (C=O) groups is 2. The van der Waals surface area contributed by atoms with Crippen molar-refractivity contribution in [1.29, 1.82) is 0 Å². The van der Waals surface area contributed by atoms with E-state index in [0.29, 0.717) is 5.56 Å². The van der Waals surface area contributed by atoms with E-state index in [1.807, 2.05) is 12.1 Å². The largest absolute Gasteiger partial charge is 0.295 e. The predicted molar refractivity (Wildman–Crippen MR) is 56.2 cm³/mol. The summed E-state index contributed by atoms with van der Waals surface area (Å²) in [5.41, 5.74) is 1.61. The fourth-order valence-corrected chi connectivity index (χ4v) is 1.04. The van der Waals surface area contributed by atoms with Crippen LogP contribution in [0, 0.1) is 0 Å². The van der Waals surface area contributed by atoms with E-state index >= 15 is 0 Å². The molecule has 0 unspecified atom stereocenters. The van der Waals surface area contributed by atoms with Gasteiger partial charge in [0, 0.05) is 5.56 Å². The normalized spacial score (nSPS) is 10.4. The van der Waals surface area contributed by atoms with Crippen molar-refractivity contribution in [2.75, 3.05) is 0 Å². The standard InChI is InChI=1S/C12H12O2/c1-9(13)3-4-11-5-7-12(8-6-11)10(2)14/h3-8H,1-2H3. The molecule has 0 aliphatic carbocycles. The van der Waals surface area contributed by atoms with Gasteiger partial charge in [-0.3, -0.25) is 9.59 Å². The Morgan fingerprint density at radius 3 is 2.07 bits per heavy atom. The maximum atomic E-state index is 11.0. The summed E-state index contributed by atoms with van der Waals surface area (Å²) < 4.78 is 0. The monoisotopic (exact) mass is 188 g/mol. The van der Waals surface area contributed by atoms with Gasteiger partial charge in [0.25, 0.3) is 0 Å². The lowest BCUT2D eigenvalue weighted by atomic mass is 10.1. The molecule has 1 rings (SSSR count). The molecule has 0 fully saturated rings. The van der Waals surface area contributed by atoms with Gasteiger partial charge >= 0.3 is 0 Å². The van der Waals surface area contributed by atoms with Gasteiger partial charge in [-0.05, 0) is 25.5 Å². The van der Waals surface area contributed by atoms with Crippen molar-refractivity contribution in [1.82, 2.24) is 0 Å². The summed E-state index contributed by atoms with van der Waals surface area (Å²) in [6.45, 7) is 3.03. The Morgan fingerprint density at radius 2 is 1.64 bits per heavy atom. The minimum Gasteiger partial charge on any atom is -0.295 e. The molecule has 0 heterocycles. The van der Waals surface area contributed by atoms with Gasteiger partial charge in [-0.25, -0.2) is 0 Å². The lowest BCUT2D eigenvalue weighted by Gasteiger charge is -1.95. The van der Waals surface area contributed by atoms with Crippen molar-refractivity contribution >= 4 is 17.6 Å². The highest BCUT2D eigenvalue weighted by Gasteiger charge is 1.96. The summed E-state index contributed by atoms with van der Waals surface area (Å²) in [6, 6.07) is 7.14. The minimum atomic E-state index is 0.0145. The zero-order valence-corrected chi connectivity index (χ0v) is 8.28. The topological polar surface area (TPSA) is 34.1 Å². The molecular formula is C12H12O2. The van der Waals surface area contributed by atoms with Crippen molar-refractivity contribution in [3.8, 4) is 0 Å². The van der Waals surface area contributed by atoms with Gasteiger partial charge in [-0.15, -0.1) is 0 Å². The van der Waals surface area contributed by atoms with Crippen LogP contribution in [0.1, 0.15) is 29.8 Å². The Morgan fingerprint density at radius 1 is 1.07 bits per heavy atom. The van der Waals surface area contributed by atoms with Crippen LogP contribution in [0.3, 0.4) is 0 Å². The average molecular weight is 188 g/mol. The number of Topliss-reactive ketones (excluding diaryl/α,β-unsaturated/α-hetero) is 1. The molecule has 0 saturated heterocycles. The Kier molecular flexibility index (Phi) is 3.35. The first-order chi connectivity index (χ1) is 6.59. The molecule has 0 aliphatic heterocycles. The highest BCUT2D eigenvalue weighted by atomic mass is 16.1. The molecule has 0 atom stereocenters. The molecule has 0 bridgehead atoms.